The molecular formula is C20H22ClN3O3S2. The van der Waals surface area contributed by atoms with Gasteiger partial charge in [-0.15, -0.1) is 35.1 Å². The molecule has 2 aromatic heterocycles. The first-order valence-corrected chi connectivity index (χ1v) is 10.9. The zero-order valence-electron chi connectivity index (χ0n) is 15.9. The van der Waals surface area contributed by atoms with E-state index >= 15 is 0 Å². The summed E-state index contributed by atoms with van der Waals surface area (Å²) >= 11 is 3.05. The molecule has 0 bridgehead atoms. The largest absolute Gasteiger partial charge is 0.466 e. The summed E-state index contributed by atoms with van der Waals surface area (Å²) in [5, 5.41) is 0.912. The predicted molar refractivity (Wildman–Crippen MR) is 119 cm³/mol. The maximum atomic E-state index is 13.0. The minimum absolute atomic E-state index is 0. The highest BCUT2D eigenvalue weighted by Gasteiger charge is 2.35. The molecule has 2 N–H and O–H groups in total. The number of amides is 1. The van der Waals surface area contributed by atoms with E-state index in [4.69, 9.17) is 10.5 Å². The van der Waals surface area contributed by atoms with Crippen molar-refractivity contribution in [1.29, 1.82) is 0 Å². The first-order chi connectivity index (χ1) is 13.6. The third-order valence-electron chi connectivity index (χ3n) is 4.86. The van der Waals surface area contributed by atoms with Crippen LogP contribution in [0.3, 0.4) is 0 Å². The Bertz CT molecular complexity index is 986. The highest BCUT2D eigenvalue weighted by Crippen LogP contribution is 2.35. The smallest absolute Gasteiger partial charge is 0.312 e. The first kappa shape index (κ1) is 21.7. The minimum atomic E-state index is -0.471. The van der Waals surface area contributed by atoms with Crippen molar-refractivity contribution in [2.75, 3.05) is 19.7 Å². The zero-order valence-corrected chi connectivity index (χ0v) is 18.3. The van der Waals surface area contributed by atoms with Gasteiger partial charge in [0.1, 0.15) is 5.01 Å². The molecule has 1 fully saturated rings. The van der Waals surface area contributed by atoms with E-state index in [2.05, 4.69) is 4.98 Å². The van der Waals surface area contributed by atoms with Crippen LogP contribution in [-0.4, -0.2) is 47.5 Å². The lowest BCUT2D eigenvalue weighted by Crippen LogP contribution is -2.52. The molecule has 1 saturated heterocycles. The van der Waals surface area contributed by atoms with E-state index in [1.54, 1.807) is 23.2 Å². The van der Waals surface area contributed by atoms with Crippen LogP contribution in [0.2, 0.25) is 0 Å². The van der Waals surface area contributed by atoms with Crippen LogP contribution in [0.5, 0.6) is 0 Å². The minimum Gasteiger partial charge on any atom is -0.466 e. The normalized spacial score (nSPS) is 19.0. The molecule has 0 radical (unpaired) electrons. The highest BCUT2D eigenvalue weighted by molar-refractivity contribution is 7.26. The highest BCUT2D eigenvalue weighted by atomic mass is 35.5. The van der Waals surface area contributed by atoms with Crippen LogP contribution in [-0.2, 0) is 9.53 Å². The Kier molecular flexibility index (Phi) is 6.89. The van der Waals surface area contributed by atoms with Gasteiger partial charge in [0, 0.05) is 19.1 Å². The molecule has 29 heavy (non-hydrogen) atoms. The second-order valence-electron chi connectivity index (χ2n) is 6.71. The number of piperidine rings is 1. The van der Waals surface area contributed by atoms with Crippen molar-refractivity contribution < 1.29 is 14.3 Å². The van der Waals surface area contributed by atoms with Crippen molar-refractivity contribution in [3.63, 3.8) is 0 Å². The molecule has 2 atom stereocenters. The number of thiazole rings is 1. The molecule has 6 nitrogen and oxygen atoms in total. The molecule has 1 aromatic carbocycles. The lowest BCUT2D eigenvalue weighted by Gasteiger charge is -2.35. The van der Waals surface area contributed by atoms with Gasteiger partial charge >= 0.3 is 5.97 Å². The number of benzene rings is 1. The number of carbonyl (C=O) groups is 2. The van der Waals surface area contributed by atoms with Gasteiger partial charge in [0.2, 0.25) is 0 Å². The van der Waals surface area contributed by atoms with Crippen LogP contribution >= 0.6 is 35.1 Å². The molecule has 3 heterocycles. The third kappa shape index (κ3) is 4.45. The van der Waals surface area contributed by atoms with Gasteiger partial charge in [0.25, 0.3) is 5.91 Å². The summed E-state index contributed by atoms with van der Waals surface area (Å²) in [7, 11) is 0. The summed E-state index contributed by atoms with van der Waals surface area (Å²) in [5.74, 6) is -0.867. The Hall–Kier alpha value is -2.00. The van der Waals surface area contributed by atoms with E-state index < -0.39 is 5.92 Å². The number of carbonyl (C=O) groups excluding carboxylic acids is 2. The van der Waals surface area contributed by atoms with Crippen LogP contribution in [0.25, 0.3) is 20.1 Å². The van der Waals surface area contributed by atoms with Crippen molar-refractivity contribution in [1.82, 2.24) is 9.88 Å². The summed E-state index contributed by atoms with van der Waals surface area (Å²) in [6, 6.07) is 11.5. The summed E-state index contributed by atoms with van der Waals surface area (Å²) in [6.45, 7) is 2.92. The number of halogens is 1. The number of likely N-dealkylation sites (tertiary alicyclic amines) is 1. The fourth-order valence-corrected chi connectivity index (χ4v) is 5.35. The van der Waals surface area contributed by atoms with Gasteiger partial charge in [-0.25, -0.2) is 4.98 Å². The number of fused-ring (bicyclic) bond motifs is 1. The van der Waals surface area contributed by atoms with Gasteiger partial charge in [-0.3, -0.25) is 9.59 Å². The predicted octanol–water partition coefficient (Wildman–Crippen LogP) is 3.80. The Morgan fingerprint density at radius 2 is 2.03 bits per heavy atom. The van der Waals surface area contributed by atoms with E-state index in [0.717, 1.165) is 20.1 Å². The van der Waals surface area contributed by atoms with Crippen molar-refractivity contribution >= 4 is 57.2 Å². The van der Waals surface area contributed by atoms with Gasteiger partial charge in [-0.05, 0) is 37.6 Å². The number of nitrogens with two attached hydrogens (primary N) is 1. The zero-order chi connectivity index (χ0) is 19.7. The van der Waals surface area contributed by atoms with Crippen molar-refractivity contribution in [3.05, 3.63) is 41.3 Å². The number of para-hydroxylation sites is 1. The standard InChI is InChI=1S/C20H21N3O3S2.ClH/c1-2-26-20(25)12-11-23(10-9-13(12)21)19(24)17-8-7-16(27-17)18-22-14-5-3-4-6-15(14)28-18;/h3-8,12-13H,2,9-11,21H2,1H3;1H. The van der Waals surface area contributed by atoms with Crippen LogP contribution in [0.1, 0.15) is 23.0 Å². The monoisotopic (exact) mass is 451 g/mol. The lowest BCUT2D eigenvalue weighted by molar-refractivity contribution is -0.150. The Balaban J connectivity index is 0.00000240. The Morgan fingerprint density at radius 1 is 1.24 bits per heavy atom. The molecule has 3 aromatic rings. The van der Waals surface area contributed by atoms with E-state index in [-0.39, 0.29) is 30.3 Å². The quantitative estimate of drug-likeness (QED) is 0.610. The summed E-state index contributed by atoms with van der Waals surface area (Å²) in [6.07, 6.45) is 0.589. The van der Waals surface area contributed by atoms with Crippen molar-refractivity contribution in [2.24, 2.45) is 11.7 Å². The maximum absolute atomic E-state index is 13.0. The third-order valence-corrected chi connectivity index (χ3v) is 7.14. The molecule has 0 saturated carbocycles. The molecule has 1 amide bonds. The Labute approximate surface area is 183 Å². The fraction of sp³-hybridized carbons (Fsp3) is 0.350. The van der Waals surface area contributed by atoms with E-state index in [9.17, 15) is 9.59 Å². The summed E-state index contributed by atoms with van der Waals surface area (Å²) < 4.78 is 6.24. The number of rotatable bonds is 4. The number of esters is 1. The van der Waals surface area contributed by atoms with E-state index in [1.807, 2.05) is 36.4 Å². The molecule has 9 heteroatoms. The van der Waals surface area contributed by atoms with Gasteiger partial charge in [-0.1, -0.05) is 12.1 Å². The van der Waals surface area contributed by atoms with Gasteiger partial charge in [0.05, 0.1) is 32.5 Å². The first-order valence-electron chi connectivity index (χ1n) is 9.24. The van der Waals surface area contributed by atoms with Crippen molar-refractivity contribution in [3.8, 4) is 9.88 Å². The number of ether oxygens (including phenoxy) is 1. The van der Waals surface area contributed by atoms with Crippen LogP contribution < -0.4 is 5.73 Å². The topological polar surface area (TPSA) is 85.5 Å². The Morgan fingerprint density at radius 3 is 2.79 bits per heavy atom. The van der Waals surface area contributed by atoms with Crippen LogP contribution in [0, 0.1) is 5.92 Å². The lowest BCUT2D eigenvalue weighted by atomic mass is 9.93. The number of hydrogen-bond donors (Lipinski definition) is 1. The molecule has 0 spiro atoms. The van der Waals surface area contributed by atoms with E-state index in [1.165, 1.54) is 11.3 Å². The van der Waals surface area contributed by atoms with E-state index in [0.29, 0.717) is 31.0 Å². The number of thiophene rings is 1. The maximum Gasteiger partial charge on any atom is 0.312 e. The average molecular weight is 452 g/mol. The van der Waals surface area contributed by atoms with Gasteiger partial charge in [0.15, 0.2) is 0 Å². The second kappa shape index (κ2) is 9.21. The molecule has 1 aliphatic rings. The van der Waals surface area contributed by atoms with Gasteiger partial charge in [-0.2, -0.15) is 0 Å². The van der Waals surface area contributed by atoms with Crippen LogP contribution in [0.4, 0.5) is 0 Å². The second-order valence-corrected chi connectivity index (χ2v) is 8.83. The SMILES string of the molecule is CCOC(=O)C1CN(C(=O)c2ccc(-c3nc4ccccc4s3)s2)CCC1N.Cl. The van der Waals surface area contributed by atoms with Crippen molar-refractivity contribution in [2.45, 2.75) is 19.4 Å². The molecule has 154 valence electrons. The molecular weight excluding hydrogens is 430 g/mol. The number of aromatic nitrogens is 1. The number of hydrogen-bond acceptors (Lipinski definition) is 7. The number of nitrogens with zero attached hydrogens (tertiary/aromatic N) is 2. The molecule has 1 aliphatic heterocycles. The molecule has 0 aliphatic carbocycles. The molecule has 4 rings (SSSR count). The average Bonchev–Trinajstić information content (AvgIpc) is 3.35. The molecule has 2 unspecified atom stereocenters. The van der Waals surface area contributed by atoms with Gasteiger partial charge < -0.3 is 15.4 Å². The summed E-state index contributed by atoms with van der Waals surface area (Å²) in [4.78, 5) is 33.1. The van der Waals surface area contributed by atoms with Crippen LogP contribution in [0.15, 0.2) is 36.4 Å². The summed E-state index contributed by atoms with van der Waals surface area (Å²) in [5.41, 5.74) is 7.05. The fourth-order valence-electron chi connectivity index (χ4n) is 3.35.